The molecule has 2 N–H and O–H groups in total. The van der Waals surface area contributed by atoms with Crippen molar-refractivity contribution in [3.63, 3.8) is 0 Å². The van der Waals surface area contributed by atoms with Crippen LogP contribution in [0.25, 0.3) is 17.1 Å². The van der Waals surface area contributed by atoms with Crippen LogP contribution < -0.4 is 5.73 Å². The molecule has 0 aliphatic rings. The highest BCUT2D eigenvalue weighted by Crippen LogP contribution is 2.40. The Bertz CT molecular complexity index is 840. The monoisotopic (exact) mass is 319 g/mol. The number of benzene rings is 1. The van der Waals surface area contributed by atoms with E-state index in [-0.39, 0.29) is 17.3 Å². The van der Waals surface area contributed by atoms with E-state index in [4.69, 9.17) is 5.73 Å². The summed E-state index contributed by atoms with van der Waals surface area (Å²) < 4.78 is 41.0. The summed E-state index contributed by atoms with van der Waals surface area (Å²) in [4.78, 5) is 7.80. The molecule has 0 atom stereocenters. The second kappa shape index (κ2) is 5.38. The van der Waals surface area contributed by atoms with Crippen LogP contribution in [0.2, 0.25) is 0 Å². The molecule has 3 aromatic rings. The van der Waals surface area contributed by atoms with Gasteiger partial charge in [-0.3, -0.25) is 0 Å². The van der Waals surface area contributed by atoms with E-state index in [2.05, 4.69) is 15.1 Å². The molecule has 0 radical (unpaired) electrons. The van der Waals surface area contributed by atoms with Gasteiger partial charge in [-0.15, -0.1) is 0 Å². The van der Waals surface area contributed by atoms with E-state index in [0.717, 1.165) is 10.2 Å². The standard InChI is InChI=1S/C15H12F3N5/c1-9-4-2-5-10(8-9)11-12(15(16,17)18)22-23(13(11)19)14-20-6-3-7-21-14/h2-8H,19H2,1H3. The van der Waals surface area contributed by atoms with Crippen LogP contribution in [-0.4, -0.2) is 19.7 Å². The number of nitrogen functional groups attached to an aromatic ring is 1. The zero-order valence-corrected chi connectivity index (χ0v) is 12.0. The molecule has 2 heterocycles. The predicted molar refractivity (Wildman–Crippen MR) is 78.7 cm³/mol. The van der Waals surface area contributed by atoms with Crippen molar-refractivity contribution < 1.29 is 13.2 Å². The maximum Gasteiger partial charge on any atom is 0.435 e. The van der Waals surface area contributed by atoms with Crippen molar-refractivity contribution in [2.75, 3.05) is 5.73 Å². The Morgan fingerprint density at radius 3 is 2.39 bits per heavy atom. The van der Waals surface area contributed by atoms with Gasteiger partial charge in [0, 0.05) is 12.4 Å². The van der Waals surface area contributed by atoms with E-state index in [1.54, 1.807) is 37.3 Å². The van der Waals surface area contributed by atoms with Crippen LogP contribution in [0.4, 0.5) is 19.0 Å². The van der Waals surface area contributed by atoms with Crippen molar-refractivity contribution >= 4 is 5.82 Å². The maximum atomic E-state index is 13.4. The second-order valence-electron chi connectivity index (χ2n) is 4.94. The topological polar surface area (TPSA) is 69.6 Å². The molecule has 0 aliphatic heterocycles. The zero-order chi connectivity index (χ0) is 16.6. The van der Waals surface area contributed by atoms with Crippen molar-refractivity contribution in [2.45, 2.75) is 13.1 Å². The molecule has 2 aromatic heterocycles. The first-order valence-electron chi connectivity index (χ1n) is 6.68. The highest BCUT2D eigenvalue weighted by atomic mass is 19.4. The number of nitrogens with two attached hydrogens (primary N) is 1. The van der Waals surface area contributed by atoms with Gasteiger partial charge in [0.05, 0.1) is 5.56 Å². The van der Waals surface area contributed by atoms with Gasteiger partial charge >= 0.3 is 6.18 Å². The van der Waals surface area contributed by atoms with Crippen LogP contribution in [-0.2, 0) is 6.18 Å². The lowest BCUT2D eigenvalue weighted by Crippen LogP contribution is -2.09. The summed E-state index contributed by atoms with van der Waals surface area (Å²) in [6.07, 6.45) is -1.83. The van der Waals surface area contributed by atoms with Crippen LogP contribution in [0.5, 0.6) is 0 Å². The predicted octanol–water partition coefficient (Wildman–Crippen LogP) is 3.24. The fourth-order valence-corrected chi connectivity index (χ4v) is 2.27. The molecule has 0 saturated carbocycles. The first-order chi connectivity index (χ1) is 10.9. The summed E-state index contributed by atoms with van der Waals surface area (Å²) in [5.41, 5.74) is 5.86. The molecule has 3 rings (SSSR count). The Morgan fingerprint density at radius 1 is 1.09 bits per heavy atom. The number of aryl methyl sites for hydroxylation is 1. The first-order valence-corrected chi connectivity index (χ1v) is 6.68. The van der Waals surface area contributed by atoms with Gasteiger partial charge in [0.1, 0.15) is 5.82 Å². The van der Waals surface area contributed by atoms with Crippen molar-refractivity contribution in [3.8, 4) is 17.1 Å². The second-order valence-corrected chi connectivity index (χ2v) is 4.94. The highest BCUT2D eigenvalue weighted by molar-refractivity contribution is 5.78. The molecular weight excluding hydrogens is 307 g/mol. The van der Waals surface area contributed by atoms with E-state index in [9.17, 15) is 13.2 Å². The number of halogens is 3. The maximum absolute atomic E-state index is 13.4. The summed E-state index contributed by atoms with van der Waals surface area (Å²) in [5.74, 6) is -0.177. The van der Waals surface area contributed by atoms with E-state index >= 15 is 0 Å². The molecule has 0 saturated heterocycles. The zero-order valence-electron chi connectivity index (χ0n) is 12.0. The van der Waals surface area contributed by atoms with E-state index in [1.165, 1.54) is 12.4 Å². The van der Waals surface area contributed by atoms with Crippen molar-refractivity contribution in [2.24, 2.45) is 0 Å². The summed E-state index contributed by atoms with van der Waals surface area (Å²) in [7, 11) is 0. The number of hydrogen-bond acceptors (Lipinski definition) is 4. The molecule has 0 unspecified atom stereocenters. The SMILES string of the molecule is Cc1cccc(-c2c(C(F)(F)F)nn(-c3ncccn3)c2N)c1. The van der Waals surface area contributed by atoms with Gasteiger partial charge in [0.15, 0.2) is 5.69 Å². The quantitative estimate of drug-likeness (QED) is 0.787. The average molecular weight is 319 g/mol. The van der Waals surface area contributed by atoms with Crippen molar-refractivity contribution in [1.29, 1.82) is 0 Å². The summed E-state index contributed by atoms with van der Waals surface area (Å²) in [6.45, 7) is 1.79. The third kappa shape index (κ3) is 2.75. The molecule has 0 spiro atoms. The van der Waals surface area contributed by atoms with Crippen LogP contribution in [0.1, 0.15) is 11.3 Å². The number of aromatic nitrogens is 4. The third-order valence-corrected chi connectivity index (χ3v) is 3.24. The summed E-state index contributed by atoms with van der Waals surface area (Å²) in [5, 5.41) is 3.60. The van der Waals surface area contributed by atoms with E-state index in [0.29, 0.717) is 5.56 Å². The van der Waals surface area contributed by atoms with Gasteiger partial charge in [-0.05, 0) is 18.6 Å². The first kappa shape index (κ1) is 15.0. The lowest BCUT2D eigenvalue weighted by molar-refractivity contribution is -0.140. The minimum Gasteiger partial charge on any atom is -0.383 e. The van der Waals surface area contributed by atoms with Gasteiger partial charge in [-0.2, -0.15) is 23.0 Å². The number of alkyl halides is 3. The largest absolute Gasteiger partial charge is 0.435 e. The fraction of sp³-hybridized carbons (Fsp3) is 0.133. The number of hydrogen-bond donors (Lipinski definition) is 1. The molecule has 1 aromatic carbocycles. The fourth-order valence-electron chi connectivity index (χ4n) is 2.27. The van der Waals surface area contributed by atoms with Gasteiger partial charge in [-0.1, -0.05) is 29.8 Å². The Labute approximate surface area is 129 Å². The van der Waals surface area contributed by atoms with Crippen LogP contribution in [0.3, 0.4) is 0 Å². The minimum atomic E-state index is -4.65. The Morgan fingerprint density at radius 2 is 1.78 bits per heavy atom. The molecule has 0 fully saturated rings. The van der Waals surface area contributed by atoms with Gasteiger partial charge in [0.25, 0.3) is 5.95 Å². The molecule has 5 nitrogen and oxygen atoms in total. The summed E-state index contributed by atoms with van der Waals surface area (Å²) in [6, 6.07) is 8.19. The normalized spacial score (nSPS) is 11.7. The molecule has 0 amide bonds. The Balaban J connectivity index is 2.28. The Kier molecular flexibility index (Phi) is 3.51. The molecule has 23 heavy (non-hydrogen) atoms. The molecule has 0 bridgehead atoms. The molecule has 8 heteroatoms. The summed E-state index contributed by atoms with van der Waals surface area (Å²) >= 11 is 0. The third-order valence-electron chi connectivity index (χ3n) is 3.24. The van der Waals surface area contributed by atoms with Crippen molar-refractivity contribution in [3.05, 3.63) is 54.0 Å². The van der Waals surface area contributed by atoms with Crippen LogP contribution in [0, 0.1) is 6.92 Å². The smallest absolute Gasteiger partial charge is 0.383 e. The van der Waals surface area contributed by atoms with Gasteiger partial charge in [0.2, 0.25) is 0 Å². The van der Waals surface area contributed by atoms with E-state index in [1.807, 2.05) is 0 Å². The van der Waals surface area contributed by atoms with E-state index < -0.39 is 11.9 Å². The van der Waals surface area contributed by atoms with Crippen LogP contribution >= 0.6 is 0 Å². The van der Waals surface area contributed by atoms with Crippen molar-refractivity contribution in [1.82, 2.24) is 19.7 Å². The van der Waals surface area contributed by atoms with Crippen LogP contribution in [0.15, 0.2) is 42.7 Å². The number of rotatable bonds is 2. The molecule has 118 valence electrons. The van der Waals surface area contributed by atoms with Gasteiger partial charge < -0.3 is 5.73 Å². The average Bonchev–Trinajstić information content (AvgIpc) is 2.86. The van der Waals surface area contributed by atoms with Gasteiger partial charge in [-0.25, -0.2) is 9.97 Å². The minimum absolute atomic E-state index is 0.0191. The number of nitrogens with zero attached hydrogens (tertiary/aromatic N) is 4. The molecular formula is C15H12F3N5. The molecule has 0 aliphatic carbocycles. The highest BCUT2D eigenvalue weighted by Gasteiger charge is 2.39. The lowest BCUT2D eigenvalue weighted by Gasteiger charge is -2.07. The Hall–Kier alpha value is -2.90. The lowest BCUT2D eigenvalue weighted by atomic mass is 10.0. The number of anilines is 1.